The second-order valence-corrected chi connectivity index (χ2v) is 5.58. The third kappa shape index (κ3) is 2.53. The van der Waals surface area contributed by atoms with Crippen LogP contribution in [0.15, 0.2) is 22.4 Å². The van der Waals surface area contributed by atoms with Gasteiger partial charge >= 0.3 is 5.69 Å². The minimum absolute atomic E-state index is 0.202. The lowest BCUT2D eigenvalue weighted by atomic mass is 10.2. The van der Waals surface area contributed by atoms with E-state index in [1.54, 1.807) is 0 Å². The number of halogens is 1. The fourth-order valence-electron chi connectivity index (χ4n) is 1.92. The molecule has 1 fully saturated rings. The van der Waals surface area contributed by atoms with E-state index in [2.05, 4.69) is 11.6 Å². The summed E-state index contributed by atoms with van der Waals surface area (Å²) < 4.78 is 6.19. The maximum atomic E-state index is 11.8. The van der Waals surface area contributed by atoms with E-state index in [-0.39, 0.29) is 16.1 Å². The molecular weight excluding hydrogens is 367 g/mol. The summed E-state index contributed by atoms with van der Waals surface area (Å²) in [4.78, 5) is 25.3. The molecule has 0 aromatic carbocycles. The van der Waals surface area contributed by atoms with Gasteiger partial charge in [0.25, 0.3) is 5.56 Å². The minimum atomic E-state index is -0.959. The van der Waals surface area contributed by atoms with Gasteiger partial charge in [0, 0.05) is 6.20 Å². The quantitative estimate of drug-likeness (QED) is 0.472. The number of aliphatic hydroxyl groups excluding tert-OH is 2. The van der Waals surface area contributed by atoms with Gasteiger partial charge in [0.2, 0.25) is 0 Å². The van der Waals surface area contributed by atoms with E-state index in [0.29, 0.717) is 0 Å². The van der Waals surface area contributed by atoms with Gasteiger partial charge < -0.3 is 14.9 Å². The number of aromatic amines is 1. The third-order valence-corrected chi connectivity index (χ3v) is 4.50. The van der Waals surface area contributed by atoms with Gasteiger partial charge in [0.15, 0.2) is 6.23 Å². The highest BCUT2D eigenvalue weighted by molar-refractivity contribution is 14.1. The van der Waals surface area contributed by atoms with Crippen LogP contribution in [0, 0.1) is 0 Å². The number of aromatic nitrogens is 2. The summed E-state index contributed by atoms with van der Waals surface area (Å²) in [5, 5.41) is 19.2. The maximum absolute atomic E-state index is 11.8. The molecule has 0 bridgehead atoms. The van der Waals surface area contributed by atoms with Crippen molar-refractivity contribution in [3.05, 3.63) is 39.2 Å². The van der Waals surface area contributed by atoms with E-state index in [4.69, 9.17) is 9.84 Å². The first-order valence-electron chi connectivity index (χ1n) is 5.56. The molecular formula is C11H13IN2O5. The summed E-state index contributed by atoms with van der Waals surface area (Å²) in [5.41, 5.74) is -1.02. The van der Waals surface area contributed by atoms with Crippen LogP contribution in [0.25, 0.3) is 6.08 Å². The van der Waals surface area contributed by atoms with Crippen LogP contribution in [0.2, 0.25) is 0 Å². The number of nitrogens with one attached hydrogen (secondary N) is 1. The number of rotatable bonds is 3. The number of aliphatic hydroxyl groups is 2. The Bertz CT molecular complexity index is 595. The average molecular weight is 380 g/mol. The van der Waals surface area contributed by atoms with E-state index < -0.39 is 29.7 Å². The first-order valence-corrected chi connectivity index (χ1v) is 6.80. The van der Waals surface area contributed by atoms with Crippen molar-refractivity contribution in [1.82, 2.24) is 9.55 Å². The molecule has 0 saturated carbocycles. The molecule has 0 radical (unpaired) electrons. The van der Waals surface area contributed by atoms with Crippen molar-refractivity contribution >= 4 is 28.7 Å². The Morgan fingerprint density at radius 2 is 2.26 bits per heavy atom. The summed E-state index contributed by atoms with van der Waals surface area (Å²) in [6.07, 6.45) is 0.125. The summed E-state index contributed by atoms with van der Waals surface area (Å²) >= 11 is 1.96. The van der Waals surface area contributed by atoms with E-state index in [1.807, 2.05) is 22.6 Å². The van der Waals surface area contributed by atoms with Crippen molar-refractivity contribution < 1.29 is 14.9 Å². The first kappa shape index (κ1) is 14.4. The highest BCUT2D eigenvalue weighted by atomic mass is 127. The van der Waals surface area contributed by atoms with Gasteiger partial charge in [-0.3, -0.25) is 14.3 Å². The van der Waals surface area contributed by atoms with Gasteiger partial charge in [0.1, 0.15) is 6.10 Å². The second kappa shape index (κ2) is 5.57. The molecule has 0 unspecified atom stereocenters. The Labute approximate surface area is 121 Å². The molecule has 2 rings (SSSR count). The smallest absolute Gasteiger partial charge is 0.330 e. The molecule has 7 nitrogen and oxygen atoms in total. The van der Waals surface area contributed by atoms with Crippen molar-refractivity contribution in [3.63, 3.8) is 0 Å². The number of hydrogen-bond donors (Lipinski definition) is 3. The van der Waals surface area contributed by atoms with Gasteiger partial charge in [-0.15, -0.1) is 0 Å². The Kier molecular flexibility index (Phi) is 4.23. The molecule has 1 aromatic heterocycles. The summed E-state index contributed by atoms with van der Waals surface area (Å²) in [5.74, 6) is 0. The van der Waals surface area contributed by atoms with Gasteiger partial charge in [-0.25, -0.2) is 4.79 Å². The SMILES string of the molecule is C=Cc1cn([C@@H]2O[C@H](CO)[C@@H](I)[C@H]2O)c(=O)[nH]c1=O. The Hall–Kier alpha value is -0.970. The van der Waals surface area contributed by atoms with Crippen LogP contribution in [0.4, 0.5) is 0 Å². The van der Waals surface area contributed by atoms with Crippen LogP contribution in [-0.4, -0.2) is 42.5 Å². The van der Waals surface area contributed by atoms with Crippen LogP contribution in [0.1, 0.15) is 11.8 Å². The van der Waals surface area contributed by atoms with Crippen LogP contribution in [0.5, 0.6) is 0 Å². The summed E-state index contributed by atoms with van der Waals surface area (Å²) in [6.45, 7) is 3.22. The lowest BCUT2D eigenvalue weighted by Crippen LogP contribution is -2.37. The molecule has 8 heteroatoms. The van der Waals surface area contributed by atoms with Crippen molar-refractivity contribution in [1.29, 1.82) is 0 Å². The lowest BCUT2D eigenvalue weighted by molar-refractivity contribution is -0.0530. The van der Waals surface area contributed by atoms with E-state index in [9.17, 15) is 14.7 Å². The van der Waals surface area contributed by atoms with Crippen molar-refractivity contribution in [2.45, 2.75) is 22.4 Å². The number of ether oxygens (including phenoxy) is 1. The fraction of sp³-hybridized carbons (Fsp3) is 0.455. The van der Waals surface area contributed by atoms with E-state index in [1.165, 1.54) is 12.3 Å². The van der Waals surface area contributed by atoms with E-state index >= 15 is 0 Å². The standard InChI is InChI=1S/C11H13IN2O5/c1-2-5-3-14(11(18)13-9(5)17)10-8(16)7(12)6(4-15)19-10/h2-3,6-8,10,15-16H,1,4H2,(H,13,17,18)/t6-,7-,8-,10-/m1/s1. The predicted octanol–water partition coefficient (Wildman–Crippen LogP) is -0.766. The van der Waals surface area contributed by atoms with Crippen LogP contribution < -0.4 is 11.2 Å². The zero-order valence-corrected chi connectivity index (χ0v) is 12.0. The molecule has 4 atom stereocenters. The molecule has 2 heterocycles. The van der Waals surface area contributed by atoms with Crippen LogP contribution >= 0.6 is 22.6 Å². The fourth-order valence-corrected chi connectivity index (χ4v) is 2.67. The molecule has 1 aliphatic heterocycles. The number of hydrogen-bond acceptors (Lipinski definition) is 5. The van der Waals surface area contributed by atoms with Crippen molar-refractivity contribution in [3.8, 4) is 0 Å². The second-order valence-electron chi connectivity index (χ2n) is 4.14. The highest BCUT2D eigenvalue weighted by Crippen LogP contribution is 2.33. The summed E-state index contributed by atoms with van der Waals surface area (Å²) in [6, 6.07) is 0. The highest BCUT2D eigenvalue weighted by Gasteiger charge is 2.43. The maximum Gasteiger partial charge on any atom is 0.330 e. The number of H-pyrrole nitrogens is 1. The third-order valence-electron chi connectivity index (χ3n) is 2.96. The van der Waals surface area contributed by atoms with Gasteiger partial charge in [-0.2, -0.15) is 0 Å². The average Bonchev–Trinajstić information content (AvgIpc) is 2.67. The Morgan fingerprint density at radius 3 is 2.79 bits per heavy atom. The summed E-state index contributed by atoms with van der Waals surface area (Å²) in [7, 11) is 0. The first-order chi connectivity index (χ1) is 8.99. The molecule has 1 aliphatic rings. The molecule has 0 amide bonds. The Balaban J connectivity index is 2.46. The number of alkyl halides is 1. The van der Waals surface area contributed by atoms with Gasteiger partial charge in [-0.05, 0) is 0 Å². The van der Waals surface area contributed by atoms with Gasteiger partial charge in [0.05, 0.1) is 22.2 Å². The van der Waals surface area contributed by atoms with Crippen molar-refractivity contribution in [2.75, 3.05) is 6.61 Å². The van der Waals surface area contributed by atoms with Crippen LogP contribution in [0.3, 0.4) is 0 Å². The minimum Gasteiger partial charge on any atom is -0.394 e. The van der Waals surface area contributed by atoms with E-state index in [0.717, 1.165) is 4.57 Å². The largest absolute Gasteiger partial charge is 0.394 e. The topological polar surface area (TPSA) is 105 Å². The van der Waals surface area contributed by atoms with Crippen molar-refractivity contribution in [2.24, 2.45) is 0 Å². The van der Waals surface area contributed by atoms with Crippen LogP contribution in [-0.2, 0) is 4.74 Å². The predicted molar refractivity (Wildman–Crippen MR) is 76.2 cm³/mol. The molecule has 1 aromatic rings. The zero-order chi connectivity index (χ0) is 14.2. The molecule has 3 N–H and O–H groups in total. The molecule has 0 aliphatic carbocycles. The molecule has 0 spiro atoms. The number of nitrogens with zero attached hydrogens (tertiary/aromatic N) is 1. The Morgan fingerprint density at radius 1 is 1.58 bits per heavy atom. The molecule has 19 heavy (non-hydrogen) atoms. The van der Waals surface area contributed by atoms with Gasteiger partial charge in [-0.1, -0.05) is 35.2 Å². The molecule has 104 valence electrons. The monoisotopic (exact) mass is 380 g/mol. The molecule has 1 saturated heterocycles. The lowest BCUT2D eigenvalue weighted by Gasteiger charge is -2.17. The zero-order valence-electron chi connectivity index (χ0n) is 9.82. The normalized spacial score (nSPS) is 30.5.